The Morgan fingerprint density at radius 3 is 3.03 bits per heavy atom. The first kappa shape index (κ1) is 18.1. The smallest absolute Gasteiger partial charge is 0.231 e. The lowest BCUT2D eigenvalue weighted by molar-refractivity contribution is 0.174. The standard InChI is InChI=1S/C22H24FN5O2/c23-15-4-5-16-17(9-15)26-22(25-16)18-2-1-7-28(18)11-14-10-24-27-21(14)13-3-6-19-20(8-13)30-12-29-19/h3-6,8-9,14,18,21,24,27H,1-2,7,10-12H2,(H,25,26). The molecule has 3 N–H and O–H groups in total. The molecule has 2 saturated heterocycles. The molecule has 0 amide bonds. The van der Waals surface area contributed by atoms with Gasteiger partial charge in [-0.05, 0) is 55.3 Å². The third-order valence-corrected chi connectivity index (χ3v) is 6.46. The van der Waals surface area contributed by atoms with E-state index in [1.165, 1.54) is 17.7 Å². The monoisotopic (exact) mass is 409 g/mol. The maximum Gasteiger partial charge on any atom is 0.231 e. The summed E-state index contributed by atoms with van der Waals surface area (Å²) in [5.74, 6) is 2.73. The van der Waals surface area contributed by atoms with Gasteiger partial charge >= 0.3 is 0 Å². The minimum absolute atomic E-state index is 0.200. The Balaban J connectivity index is 1.22. The maximum atomic E-state index is 13.6. The molecule has 30 heavy (non-hydrogen) atoms. The summed E-state index contributed by atoms with van der Waals surface area (Å²) in [5, 5.41) is 0. The molecular formula is C22H24FN5O2. The van der Waals surface area contributed by atoms with Gasteiger partial charge in [0, 0.05) is 19.0 Å². The number of fused-ring (bicyclic) bond motifs is 2. The molecule has 3 aliphatic heterocycles. The summed E-state index contributed by atoms with van der Waals surface area (Å²) in [6.45, 7) is 3.18. The first-order chi connectivity index (χ1) is 14.7. The van der Waals surface area contributed by atoms with Crippen LogP contribution in [0.25, 0.3) is 11.0 Å². The van der Waals surface area contributed by atoms with Crippen molar-refractivity contribution in [2.45, 2.75) is 24.9 Å². The highest BCUT2D eigenvalue weighted by molar-refractivity contribution is 5.75. The number of aromatic nitrogens is 2. The molecule has 0 radical (unpaired) electrons. The normalized spacial score (nSPS) is 26.1. The number of hydrogen-bond donors (Lipinski definition) is 3. The lowest BCUT2D eigenvalue weighted by atomic mass is 9.94. The molecule has 2 aromatic carbocycles. The summed E-state index contributed by atoms with van der Waals surface area (Å²) < 4.78 is 24.6. The van der Waals surface area contributed by atoms with Crippen molar-refractivity contribution in [3.63, 3.8) is 0 Å². The van der Waals surface area contributed by atoms with Gasteiger partial charge in [-0.3, -0.25) is 10.3 Å². The predicted molar refractivity (Wildman–Crippen MR) is 110 cm³/mol. The number of imidazole rings is 1. The molecule has 0 bridgehead atoms. The largest absolute Gasteiger partial charge is 0.454 e. The Hall–Kier alpha value is -2.68. The molecule has 0 spiro atoms. The van der Waals surface area contributed by atoms with Gasteiger partial charge in [0.1, 0.15) is 11.6 Å². The fourth-order valence-electron chi connectivity index (χ4n) is 4.98. The summed E-state index contributed by atoms with van der Waals surface area (Å²) in [5.41, 5.74) is 9.55. The van der Waals surface area contributed by atoms with E-state index < -0.39 is 0 Å². The van der Waals surface area contributed by atoms with E-state index in [9.17, 15) is 4.39 Å². The third kappa shape index (κ3) is 3.12. The highest BCUT2D eigenvalue weighted by Gasteiger charge is 2.35. The van der Waals surface area contributed by atoms with Gasteiger partial charge in [-0.2, -0.15) is 0 Å². The minimum Gasteiger partial charge on any atom is -0.454 e. The van der Waals surface area contributed by atoms with Crippen LogP contribution < -0.4 is 20.3 Å². The molecule has 4 heterocycles. The Bertz CT molecular complexity index is 1090. The van der Waals surface area contributed by atoms with E-state index in [1.54, 1.807) is 6.07 Å². The van der Waals surface area contributed by atoms with Crippen LogP contribution >= 0.6 is 0 Å². The number of hydrazine groups is 1. The van der Waals surface area contributed by atoms with E-state index in [1.807, 2.05) is 6.07 Å². The second-order valence-corrected chi connectivity index (χ2v) is 8.31. The van der Waals surface area contributed by atoms with E-state index in [0.717, 1.165) is 60.8 Å². The van der Waals surface area contributed by atoms with E-state index in [4.69, 9.17) is 14.5 Å². The highest BCUT2D eigenvalue weighted by atomic mass is 19.1. The highest BCUT2D eigenvalue weighted by Crippen LogP contribution is 2.38. The summed E-state index contributed by atoms with van der Waals surface area (Å²) in [7, 11) is 0. The molecule has 6 rings (SSSR count). The van der Waals surface area contributed by atoms with E-state index in [-0.39, 0.29) is 24.7 Å². The number of rotatable bonds is 4. The second kappa shape index (κ2) is 7.23. The molecule has 3 aromatic rings. The maximum absolute atomic E-state index is 13.6. The van der Waals surface area contributed by atoms with Crippen LogP contribution in [-0.2, 0) is 0 Å². The molecule has 3 aliphatic rings. The van der Waals surface area contributed by atoms with Gasteiger partial charge in [0.2, 0.25) is 6.79 Å². The van der Waals surface area contributed by atoms with Gasteiger partial charge < -0.3 is 14.5 Å². The summed E-state index contributed by atoms with van der Waals surface area (Å²) >= 11 is 0. The van der Waals surface area contributed by atoms with Crippen LogP contribution in [0.5, 0.6) is 11.5 Å². The quantitative estimate of drug-likeness (QED) is 0.615. The Kier molecular flexibility index (Phi) is 4.36. The van der Waals surface area contributed by atoms with Crippen molar-refractivity contribution >= 4 is 11.0 Å². The van der Waals surface area contributed by atoms with Gasteiger partial charge in [0.25, 0.3) is 0 Å². The lowest BCUT2D eigenvalue weighted by Crippen LogP contribution is -2.33. The molecule has 3 atom stereocenters. The number of aromatic amines is 1. The van der Waals surface area contributed by atoms with Crippen LogP contribution in [0.4, 0.5) is 4.39 Å². The molecule has 2 fully saturated rings. The number of ether oxygens (including phenoxy) is 2. The molecule has 156 valence electrons. The number of likely N-dealkylation sites (tertiary alicyclic amines) is 1. The Morgan fingerprint density at radius 1 is 1.13 bits per heavy atom. The fraction of sp³-hybridized carbons (Fsp3) is 0.409. The van der Waals surface area contributed by atoms with Crippen molar-refractivity contribution in [2.24, 2.45) is 5.92 Å². The Morgan fingerprint density at radius 2 is 2.07 bits per heavy atom. The third-order valence-electron chi connectivity index (χ3n) is 6.46. The lowest BCUT2D eigenvalue weighted by Gasteiger charge is -2.28. The van der Waals surface area contributed by atoms with E-state index in [0.29, 0.717) is 5.92 Å². The van der Waals surface area contributed by atoms with Crippen LogP contribution in [0, 0.1) is 11.7 Å². The molecule has 1 aromatic heterocycles. The fourth-order valence-corrected chi connectivity index (χ4v) is 4.98. The predicted octanol–water partition coefficient (Wildman–Crippen LogP) is 3.03. The molecule has 0 aliphatic carbocycles. The topological polar surface area (TPSA) is 74.4 Å². The van der Waals surface area contributed by atoms with Crippen molar-refractivity contribution in [3.05, 3.63) is 53.6 Å². The number of nitrogens with zero attached hydrogens (tertiary/aromatic N) is 2. The average molecular weight is 409 g/mol. The minimum atomic E-state index is -0.240. The SMILES string of the molecule is Fc1ccc2nc(C3CCCN3CC3CNNC3c3ccc4c(c3)OCO4)[nH]c2c1. The van der Waals surface area contributed by atoms with Crippen molar-refractivity contribution in [3.8, 4) is 11.5 Å². The van der Waals surface area contributed by atoms with Crippen molar-refractivity contribution in [1.29, 1.82) is 0 Å². The van der Waals surface area contributed by atoms with Crippen LogP contribution in [0.1, 0.15) is 36.3 Å². The number of nitrogens with one attached hydrogen (secondary N) is 3. The molecule has 0 saturated carbocycles. The summed E-state index contributed by atoms with van der Waals surface area (Å²) in [6, 6.07) is 11.3. The van der Waals surface area contributed by atoms with Gasteiger partial charge in [0.15, 0.2) is 11.5 Å². The van der Waals surface area contributed by atoms with Crippen LogP contribution in [-0.4, -0.2) is 41.3 Å². The number of hydrogen-bond acceptors (Lipinski definition) is 6. The van der Waals surface area contributed by atoms with Gasteiger partial charge in [0.05, 0.1) is 23.1 Å². The zero-order valence-electron chi connectivity index (χ0n) is 16.5. The Labute approximate surface area is 173 Å². The zero-order chi connectivity index (χ0) is 20.1. The molecular weight excluding hydrogens is 385 g/mol. The first-order valence-corrected chi connectivity index (χ1v) is 10.5. The van der Waals surface area contributed by atoms with Gasteiger partial charge in [-0.15, -0.1) is 0 Å². The first-order valence-electron chi connectivity index (χ1n) is 10.5. The van der Waals surface area contributed by atoms with Crippen LogP contribution in [0.2, 0.25) is 0 Å². The van der Waals surface area contributed by atoms with Crippen molar-refractivity contribution in [1.82, 2.24) is 25.7 Å². The van der Waals surface area contributed by atoms with Crippen LogP contribution in [0.3, 0.4) is 0 Å². The van der Waals surface area contributed by atoms with Gasteiger partial charge in [-0.1, -0.05) is 6.07 Å². The van der Waals surface area contributed by atoms with Crippen LogP contribution in [0.15, 0.2) is 36.4 Å². The molecule has 3 unspecified atom stereocenters. The van der Waals surface area contributed by atoms with Crippen molar-refractivity contribution < 1.29 is 13.9 Å². The van der Waals surface area contributed by atoms with Gasteiger partial charge in [-0.25, -0.2) is 14.8 Å². The average Bonchev–Trinajstić information content (AvgIpc) is 3.53. The zero-order valence-corrected chi connectivity index (χ0v) is 16.5. The number of halogens is 1. The summed E-state index contributed by atoms with van der Waals surface area (Å²) in [4.78, 5) is 10.6. The number of H-pyrrole nitrogens is 1. The molecule has 7 nitrogen and oxygen atoms in total. The van der Waals surface area contributed by atoms with E-state index >= 15 is 0 Å². The van der Waals surface area contributed by atoms with Crippen molar-refractivity contribution in [2.75, 3.05) is 26.4 Å². The van der Waals surface area contributed by atoms with E-state index in [2.05, 4.69) is 32.9 Å². The second-order valence-electron chi connectivity index (χ2n) is 8.31. The summed E-state index contributed by atoms with van der Waals surface area (Å²) in [6.07, 6.45) is 2.20. The molecule has 8 heteroatoms. The number of benzene rings is 2.